The number of rotatable bonds is 10. The van der Waals surface area contributed by atoms with E-state index in [0.717, 1.165) is 55.6 Å². The molecule has 1 aliphatic rings. The third-order valence-electron chi connectivity index (χ3n) is 7.11. The van der Waals surface area contributed by atoms with Gasteiger partial charge in [0.1, 0.15) is 5.82 Å². The molecule has 7 nitrogen and oxygen atoms in total. The lowest BCUT2D eigenvalue weighted by molar-refractivity contribution is -0.136. The smallest absolute Gasteiger partial charge is 0.226 e. The third-order valence-corrected chi connectivity index (χ3v) is 7.11. The second-order valence-electron chi connectivity index (χ2n) is 9.72. The molecule has 2 amide bonds. The normalized spacial score (nSPS) is 16.1. The maximum atomic E-state index is 13.3. The van der Waals surface area contributed by atoms with Crippen molar-refractivity contribution in [3.05, 3.63) is 54.5 Å². The highest BCUT2D eigenvalue weighted by Crippen LogP contribution is 2.32. The van der Waals surface area contributed by atoms with Crippen molar-refractivity contribution in [2.75, 3.05) is 20.3 Å². The van der Waals surface area contributed by atoms with Crippen molar-refractivity contribution in [3.8, 4) is 11.3 Å². The van der Waals surface area contributed by atoms with Gasteiger partial charge in [0.05, 0.1) is 23.3 Å². The minimum atomic E-state index is -0.427. The first-order chi connectivity index (χ1) is 17.0. The summed E-state index contributed by atoms with van der Waals surface area (Å²) >= 11 is 0. The van der Waals surface area contributed by atoms with Gasteiger partial charge in [-0.05, 0) is 42.5 Å². The fourth-order valence-electron chi connectivity index (χ4n) is 4.61. The zero-order valence-electron chi connectivity index (χ0n) is 20.7. The molecule has 186 valence electrons. The van der Waals surface area contributed by atoms with E-state index >= 15 is 0 Å². The Kier molecular flexibility index (Phi) is 8.18. The molecule has 0 aliphatic carbocycles. The monoisotopic (exact) mass is 476 g/mol. The zero-order valence-corrected chi connectivity index (χ0v) is 20.7. The molecule has 7 heteroatoms. The van der Waals surface area contributed by atoms with Gasteiger partial charge >= 0.3 is 0 Å². The van der Waals surface area contributed by atoms with Crippen LogP contribution in [0.5, 0.6) is 0 Å². The van der Waals surface area contributed by atoms with E-state index in [2.05, 4.69) is 50.9 Å². The quantitative estimate of drug-likeness (QED) is 0.363. The molecule has 2 aromatic carbocycles. The Balaban J connectivity index is 1.49. The first-order valence-corrected chi connectivity index (χ1v) is 12.6. The number of aromatic amines is 1. The number of carbonyl (C=O) groups is 2. The molecule has 0 radical (unpaired) electrons. The van der Waals surface area contributed by atoms with E-state index in [1.807, 2.05) is 25.3 Å². The van der Waals surface area contributed by atoms with Crippen molar-refractivity contribution in [3.63, 3.8) is 0 Å². The lowest BCUT2D eigenvalue weighted by atomic mass is 9.81. The molecule has 0 spiro atoms. The lowest BCUT2D eigenvalue weighted by Crippen LogP contribution is -2.44. The van der Waals surface area contributed by atoms with Crippen molar-refractivity contribution in [1.82, 2.24) is 20.6 Å². The number of fused-ring (bicyclic) bond motifs is 1. The minimum Gasteiger partial charge on any atom is -0.381 e. The topological polar surface area (TPSA) is 96.1 Å². The number of carbonyl (C=O) groups excluding carboxylic acids is 2. The summed E-state index contributed by atoms with van der Waals surface area (Å²) in [6.45, 7) is 3.25. The van der Waals surface area contributed by atoms with Gasteiger partial charge in [-0.1, -0.05) is 56.2 Å². The summed E-state index contributed by atoms with van der Waals surface area (Å²) < 4.78 is 5.48. The van der Waals surface area contributed by atoms with Gasteiger partial charge in [0.25, 0.3) is 0 Å². The summed E-state index contributed by atoms with van der Waals surface area (Å²) in [4.78, 5) is 32.9. The fraction of sp³-hybridized carbons (Fsp3) is 0.464. The van der Waals surface area contributed by atoms with Crippen molar-refractivity contribution < 1.29 is 14.3 Å². The number of H-pyrrole nitrogens is 1. The fourth-order valence-corrected chi connectivity index (χ4v) is 4.61. The molecule has 1 fully saturated rings. The van der Waals surface area contributed by atoms with Gasteiger partial charge in [-0.15, -0.1) is 0 Å². The van der Waals surface area contributed by atoms with Crippen LogP contribution in [0.4, 0.5) is 0 Å². The summed E-state index contributed by atoms with van der Waals surface area (Å²) in [7, 11) is 1.66. The molecule has 1 aliphatic heterocycles. The van der Waals surface area contributed by atoms with Gasteiger partial charge in [0.15, 0.2) is 0 Å². The second kappa shape index (κ2) is 11.5. The molecule has 1 atom stereocenters. The average molecular weight is 477 g/mol. The van der Waals surface area contributed by atoms with Crippen LogP contribution in [0.2, 0.25) is 0 Å². The number of amides is 2. The zero-order chi connectivity index (χ0) is 24.7. The molecule has 0 bridgehead atoms. The van der Waals surface area contributed by atoms with E-state index in [1.165, 1.54) is 10.8 Å². The molecule has 4 rings (SSSR count). The summed E-state index contributed by atoms with van der Waals surface area (Å²) in [5, 5.41) is 8.32. The summed E-state index contributed by atoms with van der Waals surface area (Å²) in [6.07, 6.45) is 7.22. The molecule has 0 saturated carbocycles. The predicted octanol–water partition coefficient (Wildman–Crippen LogP) is 4.90. The van der Waals surface area contributed by atoms with Crippen molar-refractivity contribution >= 4 is 22.6 Å². The van der Waals surface area contributed by atoms with Crippen LogP contribution in [-0.4, -0.2) is 42.0 Å². The number of benzene rings is 2. The van der Waals surface area contributed by atoms with Gasteiger partial charge in [0, 0.05) is 32.2 Å². The minimum absolute atomic E-state index is 0.0554. The second-order valence-corrected chi connectivity index (χ2v) is 9.72. The number of hydrogen-bond donors (Lipinski definition) is 3. The van der Waals surface area contributed by atoms with Crippen LogP contribution in [0.1, 0.15) is 63.7 Å². The average Bonchev–Trinajstić information content (AvgIpc) is 3.38. The molecule has 1 aromatic heterocycles. The molecule has 1 unspecified atom stereocenters. The van der Waals surface area contributed by atoms with Crippen molar-refractivity contribution in [2.24, 2.45) is 5.41 Å². The van der Waals surface area contributed by atoms with Crippen LogP contribution in [0.3, 0.4) is 0 Å². The summed E-state index contributed by atoms with van der Waals surface area (Å²) in [5.74, 6) is 0.886. The van der Waals surface area contributed by atoms with Gasteiger partial charge < -0.3 is 20.4 Å². The van der Waals surface area contributed by atoms with Crippen LogP contribution in [0.15, 0.2) is 48.7 Å². The van der Waals surface area contributed by atoms with Gasteiger partial charge in [-0.3, -0.25) is 9.59 Å². The lowest BCUT2D eigenvalue weighted by Gasteiger charge is -2.33. The Morgan fingerprint density at radius 1 is 1.09 bits per heavy atom. The van der Waals surface area contributed by atoms with Gasteiger partial charge in [-0.25, -0.2) is 4.98 Å². The standard InChI is InChI=1S/C28H36N4O3/c1-28(14-16-35-17-15-28)27(34)32-23(10-4-3-5-11-25(33)29-2)26-30-19-24(31-26)22-13-12-20-8-6-7-9-21(20)18-22/h6-9,12-13,18-19,23H,3-5,10-11,14-17H2,1-2H3,(H,29,33)(H,30,31)(H,32,34). The third kappa shape index (κ3) is 6.28. The number of ether oxygens (including phenoxy) is 1. The highest BCUT2D eigenvalue weighted by atomic mass is 16.5. The Labute approximate surface area is 207 Å². The molecule has 3 aromatic rings. The van der Waals surface area contributed by atoms with Crippen molar-refractivity contribution in [2.45, 2.75) is 57.9 Å². The van der Waals surface area contributed by atoms with E-state index in [-0.39, 0.29) is 17.9 Å². The van der Waals surface area contributed by atoms with E-state index in [4.69, 9.17) is 4.74 Å². The molecule has 35 heavy (non-hydrogen) atoms. The summed E-state index contributed by atoms with van der Waals surface area (Å²) in [5.41, 5.74) is 1.57. The van der Waals surface area contributed by atoms with E-state index < -0.39 is 5.41 Å². The van der Waals surface area contributed by atoms with Crippen LogP contribution in [0.25, 0.3) is 22.0 Å². The van der Waals surface area contributed by atoms with Gasteiger partial charge in [0.2, 0.25) is 11.8 Å². The Bertz CT molecular complexity index is 1150. The Hall–Kier alpha value is -3.19. The van der Waals surface area contributed by atoms with Crippen LogP contribution in [-0.2, 0) is 14.3 Å². The van der Waals surface area contributed by atoms with Gasteiger partial charge in [-0.2, -0.15) is 0 Å². The van der Waals surface area contributed by atoms with E-state index in [9.17, 15) is 9.59 Å². The van der Waals surface area contributed by atoms with Crippen molar-refractivity contribution in [1.29, 1.82) is 0 Å². The first kappa shape index (κ1) is 24.9. The Morgan fingerprint density at radius 3 is 2.63 bits per heavy atom. The molecular weight excluding hydrogens is 440 g/mol. The van der Waals surface area contributed by atoms with E-state index in [0.29, 0.717) is 19.6 Å². The maximum absolute atomic E-state index is 13.3. The number of nitrogens with one attached hydrogen (secondary N) is 3. The van der Waals surface area contributed by atoms with Crippen LogP contribution in [0, 0.1) is 5.41 Å². The van der Waals surface area contributed by atoms with Crippen LogP contribution >= 0.6 is 0 Å². The summed E-state index contributed by atoms with van der Waals surface area (Å²) in [6, 6.07) is 14.4. The maximum Gasteiger partial charge on any atom is 0.226 e. The Morgan fingerprint density at radius 2 is 1.86 bits per heavy atom. The SMILES string of the molecule is CNC(=O)CCCCCC(NC(=O)C1(C)CCOCC1)c1ncc(-c2ccc3ccccc3c2)[nH]1. The highest BCUT2D eigenvalue weighted by Gasteiger charge is 2.36. The highest BCUT2D eigenvalue weighted by molar-refractivity contribution is 5.86. The molecule has 2 heterocycles. The number of hydrogen-bond acceptors (Lipinski definition) is 4. The number of imidazole rings is 1. The molecular formula is C28H36N4O3. The predicted molar refractivity (Wildman–Crippen MR) is 138 cm³/mol. The molecule has 1 saturated heterocycles. The largest absolute Gasteiger partial charge is 0.381 e. The first-order valence-electron chi connectivity index (χ1n) is 12.6. The van der Waals surface area contributed by atoms with E-state index in [1.54, 1.807) is 7.05 Å². The van der Waals surface area contributed by atoms with Crippen LogP contribution < -0.4 is 10.6 Å². The number of nitrogens with zero attached hydrogens (tertiary/aromatic N) is 1. The molecule has 3 N–H and O–H groups in total. The number of aromatic nitrogens is 2. The number of unbranched alkanes of at least 4 members (excludes halogenated alkanes) is 2.